The number of carboxylic acids is 1. The van der Waals surface area contributed by atoms with Gasteiger partial charge in [-0.1, -0.05) is 47.6 Å². The molecule has 0 unspecified atom stereocenters. The van der Waals surface area contributed by atoms with E-state index in [1.807, 2.05) is 47.6 Å². The number of carboxylic acid groups (broad SMARTS) is 1. The summed E-state index contributed by atoms with van der Waals surface area (Å²) in [7, 11) is 0. The summed E-state index contributed by atoms with van der Waals surface area (Å²) in [5.74, 6) is -1.22. The van der Waals surface area contributed by atoms with E-state index in [0.29, 0.717) is 5.56 Å². The predicted molar refractivity (Wildman–Crippen MR) is 72.5 cm³/mol. The monoisotopic (exact) mass is 340 g/mol. The molecule has 0 saturated heterocycles. The summed E-state index contributed by atoms with van der Waals surface area (Å²) in [6.45, 7) is 12.0. The molecule has 0 spiro atoms. The van der Waals surface area contributed by atoms with Crippen molar-refractivity contribution in [2.45, 2.75) is 52.4 Å². The van der Waals surface area contributed by atoms with Gasteiger partial charge >= 0.3 is 5.97 Å². The van der Waals surface area contributed by atoms with Crippen molar-refractivity contribution >= 4 is 5.97 Å². The zero-order valence-electron chi connectivity index (χ0n) is 12.5. The van der Waals surface area contributed by atoms with Crippen LogP contribution in [-0.4, -0.2) is 16.2 Å². The summed E-state index contributed by atoms with van der Waals surface area (Å²) in [5.41, 5.74) is 1.12. The van der Waals surface area contributed by atoms with Gasteiger partial charge in [0.1, 0.15) is 11.3 Å². The molecule has 104 valence electrons. The standard InChI is InChI=1S/C15H22O3.Zr/c1-14(2,3)9-7-10(13(17)18)12(16)11(8-9)15(4,5)6;/h7-8,16H,1-6H3,(H,17,18);. The smallest absolute Gasteiger partial charge is 0.339 e. The molecule has 0 aliphatic rings. The van der Waals surface area contributed by atoms with Gasteiger partial charge in [-0.25, -0.2) is 4.79 Å². The van der Waals surface area contributed by atoms with Crippen molar-refractivity contribution in [2.24, 2.45) is 0 Å². The van der Waals surface area contributed by atoms with Crippen molar-refractivity contribution < 1.29 is 41.2 Å². The summed E-state index contributed by atoms with van der Waals surface area (Å²) >= 11 is 0. The molecule has 4 heteroatoms. The molecule has 1 aromatic rings. The molecule has 0 aliphatic heterocycles. The van der Waals surface area contributed by atoms with Crippen LogP contribution in [0.5, 0.6) is 5.75 Å². The summed E-state index contributed by atoms with van der Waals surface area (Å²) < 4.78 is 0. The first kappa shape index (κ1) is 18.4. The quantitative estimate of drug-likeness (QED) is 0.819. The maximum absolute atomic E-state index is 11.2. The van der Waals surface area contributed by atoms with E-state index in [2.05, 4.69) is 0 Å². The van der Waals surface area contributed by atoms with E-state index < -0.39 is 5.97 Å². The average Bonchev–Trinajstić information content (AvgIpc) is 2.13. The average molecular weight is 342 g/mol. The Morgan fingerprint density at radius 3 is 1.79 bits per heavy atom. The number of hydrogen-bond acceptors (Lipinski definition) is 2. The maximum Gasteiger partial charge on any atom is 0.339 e. The third-order valence-corrected chi connectivity index (χ3v) is 3.01. The van der Waals surface area contributed by atoms with Crippen LogP contribution in [0.25, 0.3) is 0 Å². The van der Waals surface area contributed by atoms with Gasteiger partial charge in [-0.05, 0) is 22.5 Å². The Hall–Kier alpha value is -0.627. The van der Waals surface area contributed by atoms with Gasteiger partial charge in [-0.15, -0.1) is 0 Å². The van der Waals surface area contributed by atoms with E-state index in [1.54, 1.807) is 6.07 Å². The molecule has 1 rings (SSSR count). The van der Waals surface area contributed by atoms with Crippen LogP contribution in [0.1, 0.15) is 63.0 Å². The Morgan fingerprint density at radius 2 is 1.47 bits per heavy atom. The number of aromatic hydroxyl groups is 1. The normalized spacial score (nSPS) is 11.9. The minimum atomic E-state index is -1.09. The molecule has 0 bridgehead atoms. The van der Waals surface area contributed by atoms with Crippen LogP contribution in [0, 0.1) is 0 Å². The van der Waals surface area contributed by atoms with E-state index in [9.17, 15) is 15.0 Å². The fourth-order valence-electron chi connectivity index (χ4n) is 1.80. The van der Waals surface area contributed by atoms with Crippen molar-refractivity contribution in [1.29, 1.82) is 0 Å². The number of benzene rings is 1. The first-order valence-corrected chi connectivity index (χ1v) is 6.06. The van der Waals surface area contributed by atoms with Crippen LogP contribution in [0.2, 0.25) is 0 Å². The molecule has 0 atom stereocenters. The molecule has 0 heterocycles. The molecule has 1 aromatic carbocycles. The van der Waals surface area contributed by atoms with E-state index in [1.165, 1.54) is 0 Å². The zero-order chi connectivity index (χ0) is 14.3. The van der Waals surface area contributed by atoms with Gasteiger partial charge < -0.3 is 10.2 Å². The topological polar surface area (TPSA) is 57.5 Å². The largest absolute Gasteiger partial charge is 0.507 e. The van der Waals surface area contributed by atoms with Crippen LogP contribution in [-0.2, 0) is 37.0 Å². The molecule has 0 saturated carbocycles. The maximum atomic E-state index is 11.2. The summed E-state index contributed by atoms with van der Waals surface area (Å²) in [6.07, 6.45) is 0. The van der Waals surface area contributed by atoms with Gasteiger partial charge in [0.2, 0.25) is 0 Å². The molecular formula is C15H22O3Zr. The predicted octanol–water partition coefficient (Wildman–Crippen LogP) is 3.68. The number of aromatic carboxylic acids is 1. The fourth-order valence-corrected chi connectivity index (χ4v) is 1.80. The zero-order valence-corrected chi connectivity index (χ0v) is 14.9. The summed E-state index contributed by atoms with van der Waals surface area (Å²) in [5, 5.41) is 19.3. The molecule has 2 N–H and O–H groups in total. The van der Waals surface area contributed by atoms with Crippen molar-refractivity contribution in [1.82, 2.24) is 0 Å². The van der Waals surface area contributed by atoms with E-state index in [4.69, 9.17) is 0 Å². The Morgan fingerprint density at radius 1 is 1.00 bits per heavy atom. The van der Waals surface area contributed by atoms with Crippen LogP contribution in [0.15, 0.2) is 12.1 Å². The molecule has 19 heavy (non-hydrogen) atoms. The van der Waals surface area contributed by atoms with Crippen molar-refractivity contribution in [3.05, 3.63) is 28.8 Å². The van der Waals surface area contributed by atoms with Crippen LogP contribution < -0.4 is 0 Å². The first-order valence-electron chi connectivity index (χ1n) is 6.06. The minimum Gasteiger partial charge on any atom is -0.507 e. The minimum absolute atomic E-state index is 0. The third kappa shape index (κ3) is 4.17. The molecule has 0 aliphatic carbocycles. The Labute approximate surface area is 134 Å². The molecular weight excluding hydrogens is 319 g/mol. The van der Waals surface area contributed by atoms with Crippen LogP contribution in [0.3, 0.4) is 0 Å². The first-order chi connectivity index (χ1) is 7.94. The Bertz CT molecular complexity index is 479. The fraction of sp³-hybridized carbons (Fsp3) is 0.533. The Kier molecular flexibility index (Phi) is 5.59. The van der Waals surface area contributed by atoms with Crippen molar-refractivity contribution in [3.8, 4) is 5.75 Å². The molecule has 0 fully saturated rings. The second-order valence-corrected chi connectivity index (χ2v) is 6.73. The summed E-state index contributed by atoms with van der Waals surface area (Å²) in [6, 6.07) is 3.47. The van der Waals surface area contributed by atoms with Crippen LogP contribution in [0.4, 0.5) is 0 Å². The van der Waals surface area contributed by atoms with Gasteiger partial charge in [-0.2, -0.15) is 0 Å². The number of phenols is 1. The van der Waals surface area contributed by atoms with E-state index in [0.717, 1.165) is 5.56 Å². The summed E-state index contributed by atoms with van der Waals surface area (Å²) in [4.78, 5) is 11.2. The second kappa shape index (κ2) is 5.79. The van der Waals surface area contributed by atoms with Gasteiger partial charge in [0.15, 0.2) is 0 Å². The molecule has 0 aromatic heterocycles. The molecule has 0 radical (unpaired) electrons. The van der Waals surface area contributed by atoms with Crippen molar-refractivity contribution in [3.63, 3.8) is 0 Å². The second-order valence-electron chi connectivity index (χ2n) is 6.73. The number of rotatable bonds is 1. The number of carbonyl (C=O) groups is 1. The van der Waals surface area contributed by atoms with E-state index in [-0.39, 0.29) is 48.3 Å². The van der Waals surface area contributed by atoms with Gasteiger partial charge in [-0.3, -0.25) is 0 Å². The molecule has 0 amide bonds. The van der Waals surface area contributed by atoms with Crippen LogP contribution >= 0.6 is 0 Å². The Balaban J connectivity index is 0.00000324. The van der Waals surface area contributed by atoms with Gasteiger partial charge in [0, 0.05) is 31.8 Å². The van der Waals surface area contributed by atoms with Gasteiger partial charge in [0.05, 0.1) is 0 Å². The third-order valence-electron chi connectivity index (χ3n) is 3.01. The van der Waals surface area contributed by atoms with Gasteiger partial charge in [0.25, 0.3) is 0 Å². The molecule has 3 nitrogen and oxygen atoms in total. The SMILES string of the molecule is CC(C)(C)c1cc(C(=O)O)c(O)c(C(C)(C)C)c1.[Zr]. The van der Waals surface area contributed by atoms with Crippen molar-refractivity contribution in [2.75, 3.05) is 0 Å². The van der Waals surface area contributed by atoms with E-state index >= 15 is 0 Å². The number of hydrogen-bond donors (Lipinski definition) is 2.